The molecule has 0 saturated heterocycles. The highest BCUT2D eigenvalue weighted by Crippen LogP contribution is 2.34. The molecule has 48 heavy (non-hydrogen) atoms. The smallest absolute Gasteiger partial charge is 0.143 e. The summed E-state index contributed by atoms with van der Waals surface area (Å²) in [4.78, 5) is 0. The Hall–Kier alpha value is -5.88. The first-order valence-electron chi connectivity index (χ1n) is 16.2. The number of nitrogens with one attached hydrogen (secondary N) is 4. The highest BCUT2D eigenvalue weighted by atomic mass is 16.5. The third kappa shape index (κ3) is 8.89. The van der Waals surface area contributed by atoms with Crippen LogP contribution in [0, 0.1) is 27.7 Å². The van der Waals surface area contributed by atoms with Gasteiger partial charge in [-0.3, -0.25) is 0 Å². The molecule has 0 heterocycles. The molecule has 0 saturated carbocycles. The van der Waals surface area contributed by atoms with Crippen LogP contribution in [0.5, 0.6) is 11.5 Å². The summed E-state index contributed by atoms with van der Waals surface area (Å²) in [5.41, 5.74) is 12.5. The van der Waals surface area contributed by atoms with Crippen molar-refractivity contribution >= 4 is 45.5 Å². The van der Waals surface area contributed by atoms with Crippen LogP contribution in [0.4, 0.5) is 45.5 Å². The second-order valence-electron chi connectivity index (χ2n) is 12.1. The van der Waals surface area contributed by atoms with Gasteiger partial charge in [-0.25, -0.2) is 0 Å². The molecule has 0 fully saturated rings. The Morgan fingerprint density at radius 2 is 0.667 bits per heavy atom. The van der Waals surface area contributed by atoms with Gasteiger partial charge in [-0.1, -0.05) is 48.5 Å². The van der Waals surface area contributed by atoms with E-state index in [0.717, 1.165) is 57.0 Å². The van der Waals surface area contributed by atoms with E-state index in [2.05, 4.69) is 146 Å². The molecule has 6 heteroatoms. The Morgan fingerprint density at radius 3 is 1.00 bits per heavy atom. The normalized spacial score (nSPS) is 10.7. The fourth-order valence-electron chi connectivity index (χ4n) is 5.50. The van der Waals surface area contributed by atoms with Crippen molar-refractivity contribution in [1.82, 2.24) is 0 Å². The Kier molecular flexibility index (Phi) is 10.1. The van der Waals surface area contributed by atoms with E-state index in [1.807, 2.05) is 36.4 Å². The highest BCUT2D eigenvalue weighted by molar-refractivity contribution is 5.75. The molecule has 242 valence electrons. The van der Waals surface area contributed by atoms with Crippen molar-refractivity contribution in [2.75, 3.05) is 34.5 Å². The number of aryl methyl sites for hydroxylation is 4. The maximum absolute atomic E-state index is 6.33. The first-order chi connectivity index (χ1) is 23.4. The molecule has 4 N–H and O–H groups in total. The monoisotopic (exact) mass is 634 g/mol. The maximum Gasteiger partial charge on any atom is 0.143 e. The molecule has 0 spiro atoms. The van der Waals surface area contributed by atoms with Gasteiger partial charge in [0.1, 0.15) is 24.7 Å². The van der Waals surface area contributed by atoms with Crippen molar-refractivity contribution in [3.63, 3.8) is 0 Å². The van der Waals surface area contributed by atoms with Crippen molar-refractivity contribution in [2.24, 2.45) is 0 Å². The van der Waals surface area contributed by atoms with Crippen molar-refractivity contribution in [2.45, 2.75) is 27.7 Å². The van der Waals surface area contributed by atoms with Gasteiger partial charge in [0.2, 0.25) is 0 Å². The lowest BCUT2D eigenvalue weighted by Crippen LogP contribution is -2.11. The van der Waals surface area contributed by atoms with Crippen LogP contribution in [-0.2, 0) is 0 Å². The minimum Gasteiger partial charge on any atom is -0.488 e. The Balaban J connectivity index is 1.18. The zero-order valence-electron chi connectivity index (χ0n) is 27.9. The lowest BCUT2D eigenvalue weighted by molar-refractivity contribution is 0.218. The fourth-order valence-corrected chi connectivity index (χ4v) is 5.50. The van der Waals surface area contributed by atoms with Crippen LogP contribution in [0.3, 0.4) is 0 Å². The number of rotatable bonds is 13. The average Bonchev–Trinajstić information content (AvgIpc) is 3.05. The van der Waals surface area contributed by atoms with Gasteiger partial charge in [-0.15, -0.1) is 0 Å². The highest BCUT2D eigenvalue weighted by Gasteiger charge is 2.11. The van der Waals surface area contributed by atoms with Gasteiger partial charge in [0.15, 0.2) is 0 Å². The van der Waals surface area contributed by atoms with Crippen LogP contribution >= 0.6 is 0 Å². The number of hydrogen-bond acceptors (Lipinski definition) is 6. The van der Waals surface area contributed by atoms with Crippen LogP contribution in [0.15, 0.2) is 133 Å². The van der Waals surface area contributed by atoms with E-state index in [0.29, 0.717) is 13.2 Å². The number of anilines is 8. The molecule has 6 aromatic carbocycles. The fraction of sp³-hybridized carbons (Fsp3) is 0.143. The molecule has 0 bridgehead atoms. The van der Waals surface area contributed by atoms with Crippen LogP contribution in [0.1, 0.15) is 22.3 Å². The predicted octanol–water partition coefficient (Wildman–Crippen LogP) is 11.4. The summed E-state index contributed by atoms with van der Waals surface area (Å²) in [6.45, 7) is 9.08. The van der Waals surface area contributed by atoms with Gasteiger partial charge in [0, 0.05) is 34.1 Å². The summed E-state index contributed by atoms with van der Waals surface area (Å²) in [7, 11) is 0. The molecule has 0 aromatic heterocycles. The van der Waals surface area contributed by atoms with Crippen molar-refractivity contribution in [3.8, 4) is 11.5 Å². The summed E-state index contributed by atoms with van der Waals surface area (Å²) >= 11 is 0. The summed E-state index contributed by atoms with van der Waals surface area (Å²) in [6, 6.07) is 45.5. The number of hydrogen-bond donors (Lipinski definition) is 4. The Bertz CT molecular complexity index is 1860. The van der Waals surface area contributed by atoms with Gasteiger partial charge < -0.3 is 30.7 Å². The molecular weight excluding hydrogens is 592 g/mol. The summed E-state index contributed by atoms with van der Waals surface area (Å²) in [5, 5.41) is 14.2. The molecule has 0 unspecified atom stereocenters. The van der Waals surface area contributed by atoms with E-state index in [1.165, 1.54) is 22.3 Å². The Morgan fingerprint density at radius 1 is 0.354 bits per heavy atom. The molecule has 0 aliphatic heterocycles. The molecule has 6 rings (SSSR count). The largest absolute Gasteiger partial charge is 0.488 e. The first-order valence-corrected chi connectivity index (χ1v) is 16.2. The quantitative estimate of drug-likeness (QED) is 0.0948. The minimum absolute atomic E-state index is 0.361. The molecular formula is C42H42N4O2. The standard InChI is InChI=1S/C42H42N4O2/c1-29-9-5-13-33(23-29)43-37-17-19-41(39(27-37)45-35-15-7-11-31(3)25-35)47-21-22-48-42-20-18-38(44-34-14-6-10-30(2)24-34)28-40(42)46-36-16-8-12-32(4)26-36/h5-20,23-28,43-46H,21-22H2,1-4H3. The zero-order valence-corrected chi connectivity index (χ0v) is 27.9. The molecule has 0 aliphatic carbocycles. The number of benzene rings is 6. The Labute approximate surface area is 283 Å². The van der Waals surface area contributed by atoms with Crippen LogP contribution in [0.25, 0.3) is 0 Å². The minimum atomic E-state index is 0.361. The van der Waals surface area contributed by atoms with E-state index >= 15 is 0 Å². The molecule has 0 atom stereocenters. The third-order valence-electron chi connectivity index (χ3n) is 7.77. The molecule has 0 radical (unpaired) electrons. The lowest BCUT2D eigenvalue weighted by Gasteiger charge is -2.18. The van der Waals surface area contributed by atoms with E-state index in [9.17, 15) is 0 Å². The molecule has 6 nitrogen and oxygen atoms in total. The predicted molar refractivity (Wildman–Crippen MR) is 202 cm³/mol. The first kappa shape index (κ1) is 32.1. The van der Waals surface area contributed by atoms with E-state index in [1.54, 1.807) is 0 Å². The topological polar surface area (TPSA) is 66.6 Å². The van der Waals surface area contributed by atoms with Crippen LogP contribution < -0.4 is 30.7 Å². The van der Waals surface area contributed by atoms with Gasteiger partial charge in [0.05, 0.1) is 11.4 Å². The van der Waals surface area contributed by atoms with Crippen molar-refractivity contribution in [1.29, 1.82) is 0 Å². The lowest BCUT2D eigenvalue weighted by atomic mass is 10.2. The van der Waals surface area contributed by atoms with Crippen molar-refractivity contribution in [3.05, 3.63) is 156 Å². The van der Waals surface area contributed by atoms with Crippen LogP contribution in [-0.4, -0.2) is 13.2 Å². The third-order valence-corrected chi connectivity index (χ3v) is 7.77. The number of ether oxygens (including phenoxy) is 2. The molecule has 0 amide bonds. The van der Waals surface area contributed by atoms with Crippen molar-refractivity contribution < 1.29 is 9.47 Å². The van der Waals surface area contributed by atoms with Gasteiger partial charge >= 0.3 is 0 Å². The summed E-state index contributed by atoms with van der Waals surface area (Å²) < 4.78 is 12.7. The second-order valence-corrected chi connectivity index (χ2v) is 12.1. The average molecular weight is 635 g/mol. The molecule has 0 aliphatic rings. The maximum atomic E-state index is 6.33. The van der Waals surface area contributed by atoms with Gasteiger partial charge in [0.25, 0.3) is 0 Å². The zero-order chi connectivity index (χ0) is 33.3. The van der Waals surface area contributed by atoms with E-state index in [4.69, 9.17) is 9.47 Å². The van der Waals surface area contributed by atoms with Gasteiger partial charge in [-0.05, 0) is 135 Å². The van der Waals surface area contributed by atoms with Crippen LogP contribution in [0.2, 0.25) is 0 Å². The molecule has 6 aromatic rings. The summed E-state index contributed by atoms with van der Waals surface area (Å²) in [5.74, 6) is 1.48. The van der Waals surface area contributed by atoms with E-state index in [-0.39, 0.29) is 0 Å². The summed E-state index contributed by atoms with van der Waals surface area (Å²) in [6.07, 6.45) is 0. The second kappa shape index (κ2) is 15.1. The SMILES string of the molecule is Cc1cccc(Nc2ccc(OCCOc3ccc(Nc4cccc(C)c4)cc3Nc3cccc(C)c3)c(Nc3cccc(C)c3)c2)c1. The van der Waals surface area contributed by atoms with Gasteiger partial charge in [-0.2, -0.15) is 0 Å². The van der Waals surface area contributed by atoms with E-state index < -0.39 is 0 Å².